The van der Waals surface area contributed by atoms with E-state index in [0.717, 1.165) is 53.6 Å². The SMILES string of the molecule is Cc1nc2n(n1)CCC[C@@H]2NC(=O)CCc1nc(-c2ccccc2)c(-c2ccccc2)o1. The summed E-state index contributed by atoms with van der Waals surface area (Å²) in [5.41, 5.74) is 2.75. The quantitative estimate of drug-likeness (QED) is 0.490. The Kier molecular flexibility index (Phi) is 5.54. The van der Waals surface area contributed by atoms with E-state index in [1.807, 2.05) is 72.3 Å². The van der Waals surface area contributed by atoms with Crippen LogP contribution in [-0.4, -0.2) is 25.7 Å². The van der Waals surface area contributed by atoms with Crippen molar-refractivity contribution in [2.75, 3.05) is 0 Å². The molecule has 3 heterocycles. The van der Waals surface area contributed by atoms with Gasteiger partial charge in [0.1, 0.15) is 17.3 Å². The highest BCUT2D eigenvalue weighted by Gasteiger charge is 2.25. The molecule has 2 aromatic heterocycles. The van der Waals surface area contributed by atoms with Crippen molar-refractivity contribution in [3.63, 3.8) is 0 Å². The number of aromatic nitrogens is 4. The Hall–Kier alpha value is -3.74. The van der Waals surface area contributed by atoms with Crippen molar-refractivity contribution in [2.45, 2.75) is 45.2 Å². The smallest absolute Gasteiger partial charge is 0.221 e. The van der Waals surface area contributed by atoms with Crippen molar-refractivity contribution < 1.29 is 9.21 Å². The number of amides is 1. The van der Waals surface area contributed by atoms with Gasteiger partial charge in [0.05, 0.1) is 6.04 Å². The highest BCUT2D eigenvalue weighted by atomic mass is 16.4. The highest BCUT2D eigenvalue weighted by molar-refractivity contribution is 5.78. The van der Waals surface area contributed by atoms with Crippen LogP contribution in [0.3, 0.4) is 0 Å². The Morgan fingerprint density at radius 2 is 1.78 bits per heavy atom. The predicted molar refractivity (Wildman–Crippen MR) is 121 cm³/mol. The maximum atomic E-state index is 12.7. The topological polar surface area (TPSA) is 85.8 Å². The van der Waals surface area contributed by atoms with Gasteiger partial charge in [-0.25, -0.2) is 14.6 Å². The maximum Gasteiger partial charge on any atom is 0.221 e. The molecule has 0 spiro atoms. The Morgan fingerprint density at radius 3 is 2.53 bits per heavy atom. The first-order valence-electron chi connectivity index (χ1n) is 11.0. The molecule has 1 aliphatic heterocycles. The fourth-order valence-electron chi connectivity index (χ4n) is 4.14. The molecule has 1 N–H and O–H groups in total. The molecule has 1 aliphatic rings. The molecular weight excluding hydrogens is 402 g/mol. The Morgan fingerprint density at radius 1 is 1.06 bits per heavy atom. The third-order valence-electron chi connectivity index (χ3n) is 5.64. The summed E-state index contributed by atoms with van der Waals surface area (Å²) < 4.78 is 8.04. The molecule has 4 aromatic rings. The molecule has 7 heteroatoms. The lowest BCUT2D eigenvalue weighted by atomic mass is 10.1. The molecule has 2 aromatic carbocycles. The molecule has 0 aliphatic carbocycles. The number of nitrogens with one attached hydrogen (secondary N) is 1. The summed E-state index contributed by atoms with van der Waals surface area (Å²) in [7, 11) is 0. The summed E-state index contributed by atoms with van der Waals surface area (Å²) in [6.45, 7) is 2.73. The second-order valence-electron chi connectivity index (χ2n) is 8.02. The van der Waals surface area contributed by atoms with Gasteiger partial charge >= 0.3 is 0 Å². The number of hydrogen-bond donors (Lipinski definition) is 1. The lowest BCUT2D eigenvalue weighted by Crippen LogP contribution is -2.33. The third kappa shape index (κ3) is 4.19. The standard InChI is InChI=1S/C25H25N5O2/c1-17-26-25-20(13-8-16-30(25)29-17)27-21(31)14-15-22-28-23(18-9-4-2-5-10-18)24(32-22)19-11-6-3-7-12-19/h2-7,9-12,20H,8,13-16H2,1H3,(H,27,31)/t20-/m0/s1. The Balaban J connectivity index is 1.32. The number of oxazole rings is 1. The number of carbonyl (C=O) groups is 1. The average molecular weight is 428 g/mol. The van der Waals surface area contributed by atoms with Gasteiger partial charge in [0.25, 0.3) is 0 Å². The monoisotopic (exact) mass is 427 g/mol. The van der Waals surface area contributed by atoms with Crippen LogP contribution >= 0.6 is 0 Å². The number of hydrogen-bond acceptors (Lipinski definition) is 5. The van der Waals surface area contributed by atoms with Crippen molar-refractivity contribution in [1.29, 1.82) is 0 Å². The molecule has 0 unspecified atom stereocenters. The van der Waals surface area contributed by atoms with E-state index in [0.29, 0.717) is 18.7 Å². The lowest BCUT2D eigenvalue weighted by Gasteiger charge is -2.23. The molecule has 1 amide bonds. The van der Waals surface area contributed by atoms with Crippen LogP contribution in [0.5, 0.6) is 0 Å². The van der Waals surface area contributed by atoms with Gasteiger partial charge in [-0.2, -0.15) is 5.10 Å². The van der Waals surface area contributed by atoms with E-state index in [-0.39, 0.29) is 11.9 Å². The Labute approximate surface area is 186 Å². The van der Waals surface area contributed by atoms with Crippen LogP contribution in [0.2, 0.25) is 0 Å². The minimum atomic E-state index is -0.0956. The van der Waals surface area contributed by atoms with Crippen LogP contribution in [-0.2, 0) is 17.8 Å². The first kappa shape index (κ1) is 20.2. The third-order valence-corrected chi connectivity index (χ3v) is 5.64. The van der Waals surface area contributed by atoms with Crippen molar-refractivity contribution in [2.24, 2.45) is 0 Å². The van der Waals surface area contributed by atoms with Gasteiger partial charge in [0.2, 0.25) is 5.91 Å². The number of benzene rings is 2. The van der Waals surface area contributed by atoms with E-state index in [4.69, 9.17) is 9.40 Å². The van der Waals surface area contributed by atoms with Crippen molar-refractivity contribution >= 4 is 5.91 Å². The summed E-state index contributed by atoms with van der Waals surface area (Å²) in [4.78, 5) is 21.9. The van der Waals surface area contributed by atoms with Crippen molar-refractivity contribution in [3.05, 3.63) is 78.2 Å². The molecule has 32 heavy (non-hydrogen) atoms. The molecule has 0 bridgehead atoms. The first-order valence-corrected chi connectivity index (χ1v) is 11.0. The van der Waals surface area contributed by atoms with Crippen LogP contribution in [0.25, 0.3) is 22.6 Å². The van der Waals surface area contributed by atoms with Gasteiger partial charge < -0.3 is 9.73 Å². The van der Waals surface area contributed by atoms with Gasteiger partial charge in [-0.3, -0.25) is 4.79 Å². The number of carbonyl (C=O) groups excluding carboxylic acids is 1. The summed E-state index contributed by atoms with van der Waals surface area (Å²) >= 11 is 0. The predicted octanol–water partition coefficient (Wildman–Crippen LogP) is 4.49. The van der Waals surface area contributed by atoms with E-state index in [1.54, 1.807) is 0 Å². The number of aryl methyl sites for hydroxylation is 3. The summed E-state index contributed by atoms with van der Waals surface area (Å²) in [5, 5.41) is 7.51. The Bertz CT molecular complexity index is 1160. The zero-order valence-corrected chi connectivity index (χ0v) is 18.0. The fourth-order valence-corrected chi connectivity index (χ4v) is 4.14. The number of fused-ring (bicyclic) bond motifs is 1. The van der Waals surface area contributed by atoms with E-state index < -0.39 is 0 Å². The van der Waals surface area contributed by atoms with Gasteiger partial charge in [-0.1, -0.05) is 60.7 Å². The van der Waals surface area contributed by atoms with Crippen molar-refractivity contribution in [3.8, 4) is 22.6 Å². The van der Waals surface area contributed by atoms with E-state index >= 15 is 0 Å². The minimum absolute atomic E-state index is 0.0372. The van der Waals surface area contributed by atoms with Crippen LogP contribution in [0, 0.1) is 6.92 Å². The lowest BCUT2D eigenvalue weighted by molar-refractivity contribution is -0.122. The van der Waals surface area contributed by atoms with E-state index in [1.165, 1.54) is 0 Å². The maximum absolute atomic E-state index is 12.7. The molecule has 0 saturated heterocycles. The summed E-state index contributed by atoms with van der Waals surface area (Å²) in [6.07, 6.45) is 2.57. The second-order valence-corrected chi connectivity index (χ2v) is 8.02. The molecule has 162 valence electrons. The average Bonchev–Trinajstić information content (AvgIpc) is 3.42. The molecule has 0 fully saturated rings. The second kappa shape index (κ2) is 8.78. The largest absolute Gasteiger partial charge is 0.440 e. The summed E-state index contributed by atoms with van der Waals surface area (Å²) in [5.74, 6) is 2.83. The molecular formula is C25H25N5O2. The highest BCUT2D eigenvalue weighted by Crippen LogP contribution is 2.33. The van der Waals surface area contributed by atoms with E-state index in [9.17, 15) is 4.79 Å². The van der Waals surface area contributed by atoms with Crippen molar-refractivity contribution in [1.82, 2.24) is 25.1 Å². The molecule has 0 radical (unpaired) electrons. The summed E-state index contributed by atoms with van der Waals surface area (Å²) in [6, 6.07) is 19.8. The fraction of sp³-hybridized carbons (Fsp3) is 0.280. The molecule has 1 atom stereocenters. The van der Waals surface area contributed by atoms with Gasteiger partial charge in [-0.05, 0) is 19.8 Å². The van der Waals surface area contributed by atoms with Gasteiger partial charge in [-0.15, -0.1) is 0 Å². The number of nitrogens with zero attached hydrogens (tertiary/aromatic N) is 4. The molecule has 5 rings (SSSR count). The zero-order chi connectivity index (χ0) is 21.9. The van der Waals surface area contributed by atoms with E-state index in [2.05, 4.69) is 15.4 Å². The van der Waals surface area contributed by atoms with Crippen LogP contribution in [0.15, 0.2) is 65.1 Å². The first-order chi connectivity index (χ1) is 15.7. The molecule has 7 nitrogen and oxygen atoms in total. The van der Waals surface area contributed by atoms with Crippen LogP contribution in [0.4, 0.5) is 0 Å². The van der Waals surface area contributed by atoms with Gasteiger partial charge in [0.15, 0.2) is 11.7 Å². The molecule has 0 saturated carbocycles. The minimum Gasteiger partial charge on any atom is -0.440 e. The zero-order valence-electron chi connectivity index (χ0n) is 18.0. The van der Waals surface area contributed by atoms with Crippen LogP contribution in [0.1, 0.15) is 42.8 Å². The normalized spacial score (nSPS) is 15.3. The van der Waals surface area contributed by atoms with Gasteiger partial charge in [0, 0.05) is 30.5 Å². The van der Waals surface area contributed by atoms with Crippen LogP contribution < -0.4 is 5.32 Å². The number of rotatable bonds is 6.